The van der Waals surface area contributed by atoms with Gasteiger partial charge in [0.15, 0.2) is 0 Å². The van der Waals surface area contributed by atoms with Crippen LogP contribution in [0, 0.1) is 0 Å². The Hall–Kier alpha value is -3.16. The van der Waals surface area contributed by atoms with Gasteiger partial charge in [0.1, 0.15) is 5.58 Å². The second-order valence-electron chi connectivity index (χ2n) is 8.27. The number of rotatable bonds is 8. The van der Waals surface area contributed by atoms with Crippen LogP contribution >= 0.6 is 0 Å². The molecule has 1 saturated heterocycles. The van der Waals surface area contributed by atoms with Crippen LogP contribution in [-0.4, -0.2) is 50.2 Å². The first kappa shape index (κ1) is 23.0. The fourth-order valence-corrected chi connectivity index (χ4v) is 4.13. The highest BCUT2D eigenvalue weighted by Gasteiger charge is 2.15. The van der Waals surface area contributed by atoms with Crippen molar-refractivity contribution >= 4 is 28.3 Å². The average molecular weight is 450 g/mol. The van der Waals surface area contributed by atoms with Crippen LogP contribution in [0.15, 0.2) is 57.7 Å². The number of fused-ring (bicyclic) bond motifs is 1. The first-order valence-electron chi connectivity index (χ1n) is 11.6. The molecular formula is C26H31N3O4. The van der Waals surface area contributed by atoms with Gasteiger partial charge in [-0.1, -0.05) is 26.0 Å². The van der Waals surface area contributed by atoms with Crippen LogP contribution in [0.5, 0.6) is 0 Å². The number of hydrogen-bond acceptors (Lipinski definition) is 6. The van der Waals surface area contributed by atoms with Crippen LogP contribution in [0.3, 0.4) is 0 Å². The van der Waals surface area contributed by atoms with E-state index in [-0.39, 0.29) is 18.1 Å². The molecule has 0 radical (unpaired) electrons. The lowest BCUT2D eigenvalue weighted by Crippen LogP contribution is -2.36. The molecule has 0 saturated carbocycles. The first-order chi connectivity index (χ1) is 16.1. The number of morpholine rings is 1. The topological polar surface area (TPSA) is 75.0 Å². The number of likely N-dealkylation sites (N-methyl/N-ethyl adjacent to an activating group) is 1. The van der Waals surface area contributed by atoms with Crippen molar-refractivity contribution in [2.45, 2.75) is 26.8 Å². The van der Waals surface area contributed by atoms with Gasteiger partial charge in [0.25, 0.3) is 0 Å². The van der Waals surface area contributed by atoms with Gasteiger partial charge in [-0.2, -0.15) is 0 Å². The van der Waals surface area contributed by atoms with E-state index in [1.54, 1.807) is 0 Å². The molecule has 0 unspecified atom stereocenters. The molecule has 2 aromatic carbocycles. The van der Waals surface area contributed by atoms with Crippen LogP contribution in [0.2, 0.25) is 0 Å². The highest BCUT2D eigenvalue weighted by molar-refractivity contribution is 5.92. The molecule has 0 spiro atoms. The van der Waals surface area contributed by atoms with E-state index in [1.165, 1.54) is 6.07 Å². The summed E-state index contributed by atoms with van der Waals surface area (Å²) < 4.78 is 10.8. The summed E-state index contributed by atoms with van der Waals surface area (Å²) in [6, 6.07) is 15.4. The highest BCUT2D eigenvalue weighted by atomic mass is 16.5. The molecule has 1 aromatic heterocycles. The molecule has 1 amide bonds. The minimum Gasteiger partial charge on any atom is -0.423 e. The summed E-state index contributed by atoms with van der Waals surface area (Å²) in [6.45, 7) is 8.71. The molecular weight excluding hydrogens is 418 g/mol. The number of amides is 1. The van der Waals surface area contributed by atoms with Crippen molar-refractivity contribution in [3.63, 3.8) is 0 Å². The monoisotopic (exact) mass is 449 g/mol. The van der Waals surface area contributed by atoms with Gasteiger partial charge >= 0.3 is 5.63 Å². The zero-order valence-corrected chi connectivity index (χ0v) is 19.3. The van der Waals surface area contributed by atoms with E-state index in [0.29, 0.717) is 18.7 Å². The Balaban J connectivity index is 1.41. The van der Waals surface area contributed by atoms with Crippen LogP contribution in [0.4, 0.5) is 11.4 Å². The summed E-state index contributed by atoms with van der Waals surface area (Å²) in [7, 11) is 0. The summed E-state index contributed by atoms with van der Waals surface area (Å²) in [6.07, 6.45) is 0.874. The number of benzene rings is 2. The van der Waals surface area contributed by atoms with Crippen molar-refractivity contribution < 1.29 is 13.9 Å². The number of nitrogens with one attached hydrogen (secondary N) is 1. The largest absolute Gasteiger partial charge is 0.423 e. The molecule has 1 N–H and O–H groups in total. The van der Waals surface area contributed by atoms with Gasteiger partial charge in [-0.05, 0) is 54.4 Å². The highest BCUT2D eigenvalue weighted by Crippen LogP contribution is 2.21. The molecule has 3 aromatic rings. The van der Waals surface area contributed by atoms with Gasteiger partial charge in [-0.15, -0.1) is 0 Å². The standard InChI is InChI=1S/C26H31N3O4/c1-3-19-5-10-23-20(16-26(31)33-24(23)15-19)17-28(4-2)18-25(30)27-21-6-8-22(9-7-21)29-11-13-32-14-12-29/h5-10,15-16H,3-4,11-14,17-18H2,1-2H3,(H,27,30). The lowest BCUT2D eigenvalue weighted by molar-refractivity contribution is -0.117. The van der Waals surface area contributed by atoms with E-state index >= 15 is 0 Å². The molecule has 1 fully saturated rings. The Kier molecular flexibility index (Phi) is 7.42. The van der Waals surface area contributed by atoms with Gasteiger partial charge in [0.05, 0.1) is 19.8 Å². The van der Waals surface area contributed by atoms with Crippen molar-refractivity contribution in [2.24, 2.45) is 0 Å². The van der Waals surface area contributed by atoms with Crippen molar-refractivity contribution in [3.05, 3.63) is 70.1 Å². The predicted molar refractivity (Wildman–Crippen MR) is 131 cm³/mol. The molecule has 4 rings (SSSR count). The van der Waals surface area contributed by atoms with Crippen molar-refractivity contribution in [1.82, 2.24) is 4.90 Å². The van der Waals surface area contributed by atoms with E-state index in [0.717, 1.165) is 60.6 Å². The Morgan fingerprint density at radius 1 is 1.06 bits per heavy atom. The zero-order chi connectivity index (χ0) is 23.2. The summed E-state index contributed by atoms with van der Waals surface area (Å²) in [5.41, 5.74) is 4.12. The van der Waals surface area contributed by atoms with Gasteiger partial charge in [-0.3, -0.25) is 9.69 Å². The maximum absolute atomic E-state index is 12.7. The number of carbonyl (C=O) groups is 1. The zero-order valence-electron chi connectivity index (χ0n) is 19.3. The molecule has 0 aliphatic carbocycles. The van der Waals surface area contributed by atoms with E-state index < -0.39 is 0 Å². The van der Waals surface area contributed by atoms with Crippen LogP contribution in [0.25, 0.3) is 11.0 Å². The fraction of sp³-hybridized carbons (Fsp3) is 0.385. The average Bonchev–Trinajstić information content (AvgIpc) is 2.84. The second-order valence-corrected chi connectivity index (χ2v) is 8.27. The molecule has 1 aliphatic heterocycles. The smallest absolute Gasteiger partial charge is 0.336 e. The SMILES string of the molecule is CCc1ccc2c(CN(CC)CC(=O)Nc3ccc(N4CCOCC4)cc3)cc(=O)oc2c1. The number of anilines is 2. The lowest BCUT2D eigenvalue weighted by Gasteiger charge is -2.29. The molecule has 1 aliphatic rings. The molecule has 0 atom stereocenters. The summed E-state index contributed by atoms with van der Waals surface area (Å²) in [5.74, 6) is -0.0866. The van der Waals surface area contributed by atoms with E-state index in [2.05, 4.69) is 23.2 Å². The molecule has 0 bridgehead atoms. The third-order valence-electron chi connectivity index (χ3n) is 6.04. The van der Waals surface area contributed by atoms with Crippen LogP contribution in [-0.2, 0) is 22.5 Å². The quantitative estimate of drug-likeness (QED) is 0.529. The minimum absolute atomic E-state index is 0.0866. The van der Waals surface area contributed by atoms with Gasteiger partial charge in [0.2, 0.25) is 5.91 Å². The molecule has 33 heavy (non-hydrogen) atoms. The maximum atomic E-state index is 12.7. The molecule has 7 heteroatoms. The third kappa shape index (κ3) is 5.80. The lowest BCUT2D eigenvalue weighted by atomic mass is 10.1. The second kappa shape index (κ2) is 10.6. The Labute approximate surface area is 193 Å². The van der Waals surface area contributed by atoms with Crippen LogP contribution in [0.1, 0.15) is 25.0 Å². The normalized spacial score (nSPS) is 14.1. The van der Waals surface area contributed by atoms with E-state index in [4.69, 9.17) is 9.15 Å². The van der Waals surface area contributed by atoms with Gasteiger partial charge in [-0.25, -0.2) is 4.79 Å². The first-order valence-corrected chi connectivity index (χ1v) is 11.6. The van der Waals surface area contributed by atoms with E-state index in [1.807, 2.05) is 48.2 Å². The van der Waals surface area contributed by atoms with E-state index in [9.17, 15) is 9.59 Å². The fourth-order valence-electron chi connectivity index (χ4n) is 4.13. The number of carbonyl (C=O) groups excluding carboxylic acids is 1. The minimum atomic E-state index is -0.369. The van der Waals surface area contributed by atoms with Crippen molar-refractivity contribution in [2.75, 3.05) is 49.6 Å². The van der Waals surface area contributed by atoms with Gasteiger partial charge in [0, 0.05) is 42.5 Å². The number of hydrogen-bond donors (Lipinski definition) is 1. The number of ether oxygens (including phenoxy) is 1. The number of aryl methyl sites for hydroxylation is 1. The molecule has 7 nitrogen and oxygen atoms in total. The Bertz CT molecular complexity index is 1150. The summed E-state index contributed by atoms with van der Waals surface area (Å²) in [4.78, 5) is 29.1. The van der Waals surface area contributed by atoms with Crippen molar-refractivity contribution in [1.29, 1.82) is 0 Å². The Morgan fingerprint density at radius 2 is 1.82 bits per heavy atom. The number of nitrogens with zero attached hydrogens (tertiary/aromatic N) is 2. The third-order valence-corrected chi connectivity index (χ3v) is 6.04. The predicted octanol–water partition coefficient (Wildman–Crippen LogP) is 3.65. The summed E-state index contributed by atoms with van der Waals surface area (Å²) in [5, 5.41) is 3.89. The molecule has 174 valence electrons. The summed E-state index contributed by atoms with van der Waals surface area (Å²) >= 11 is 0. The van der Waals surface area contributed by atoms with Gasteiger partial charge < -0.3 is 19.4 Å². The maximum Gasteiger partial charge on any atom is 0.336 e. The Morgan fingerprint density at radius 3 is 2.52 bits per heavy atom. The molecule has 2 heterocycles. The van der Waals surface area contributed by atoms with Crippen molar-refractivity contribution in [3.8, 4) is 0 Å². The van der Waals surface area contributed by atoms with Crippen LogP contribution < -0.4 is 15.8 Å².